The Bertz CT molecular complexity index is 834. The molecule has 1 aromatic carbocycles. The van der Waals surface area contributed by atoms with Gasteiger partial charge < -0.3 is 20.7 Å². The molecule has 0 unspecified atom stereocenters. The number of hydrogen-bond donors (Lipinski definition) is 4. The van der Waals surface area contributed by atoms with Crippen molar-refractivity contribution in [2.75, 3.05) is 23.8 Å². The first-order chi connectivity index (χ1) is 13.6. The Morgan fingerprint density at radius 2 is 2.07 bits per heavy atom. The summed E-state index contributed by atoms with van der Waals surface area (Å²) in [6.07, 6.45) is 0.882. The highest BCUT2D eigenvalue weighted by Gasteiger charge is 2.27. The molecule has 0 radical (unpaired) electrons. The van der Waals surface area contributed by atoms with E-state index in [4.69, 9.17) is 21.1 Å². The standard InChI is InChI=1S/C19H26FN7O2/c1-19(2,3)29-18(28)27-9-7-12(8-10-27)24-16-13(20)5-4-6-14(16)25-26-15(11-21)17(22)23/h4-6,12,24-25H,7-10H2,1-3H3,(H3,22,23)/b26-15+. The number of benzene rings is 1. The maximum absolute atomic E-state index is 14.4. The number of carbonyl (C=O) groups is 1. The monoisotopic (exact) mass is 403 g/mol. The lowest BCUT2D eigenvalue weighted by molar-refractivity contribution is 0.0210. The third-order valence-electron chi connectivity index (χ3n) is 4.16. The van der Waals surface area contributed by atoms with E-state index in [1.165, 1.54) is 12.1 Å². The van der Waals surface area contributed by atoms with Crippen LogP contribution in [0.5, 0.6) is 0 Å². The molecule has 0 atom stereocenters. The second-order valence-corrected chi connectivity index (χ2v) is 7.65. The molecule has 156 valence electrons. The zero-order valence-electron chi connectivity index (χ0n) is 16.8. The number of halogens is 1. The van der Waals surface area contributed by atoms with Crippen molar-refractivity contribution in [3.05, 3.63) is 24.0 Å². The van der Waals surface area contributed by atoms with E-state index in [0.29, 0.717) is 31.6 Å². The van der Waals surface area contributed by atoms with Gasteiger partial charge in [0, 0.05) is 19.1 Å². The summed E-state index contributed by atoms with van der Waals surface area (Å²) in [7, 11) is 0. The molecule has 10 heteroatoms. The first kappa shape index (κ1) is 21.9. The molecule has 1 aromatic rings. The molecule has 1 aliphatic heterocycles. The molecule has 0 spiro atoms. The summed E-state index contributed by atoms with van der Waals surface area (Å²) >= 11 is 0. The topological polar surface area (TPSA) is 140 Å². The molecule has 1 fully saturated rings. The quantitative estimate of drug-likeness (QED) is 0.339. The number of carbonyl (C=O) groups excluding carboxylic acids is 1. The van der Waals surface area contributed by atoms with Gasteiger partial charge in [-0.25, -0.2) is 9.18 Å². The third kappa shape index (κ3) is 6.34. The van der Waals surface area contributed by atoms with Gasteiger partial charge in [0.1, 0.15) is 17.5 Å². The van der Waals surface area contributed by atoms with Crippen LogP contribution in [0.15, 0.2) is 23.3 Å². The predicted molar refractivity (Wildman–Crippen MR) is 109 cm³/mol. The van der Waals surface area contributed by atoms with Crippen LogP contribution in [0.3, 0.4) is 0 Å². The first-order valence-electron chi connectivity index (χ1n) is 9.22. The largest absolute Gasteiger partial charge is 0.444 e. The summed E-state index contributed by atoms with van der Waals surface area (Å²) in [5.74, 6) is -0.971. The smallest absolute Gasteiger partial charge is 0.410 e. The number of nitriles is 1. The number of rotatable bonds is 5. The van der Waals surface area contributed by atoms with Crippen LogP contribution < -0.4 is 16.5 Å². The lowest BCUT2D eigenvalue weighted by Gasteiger charge is -2.34. The SMILES string of the molecule is CC(C)(C)OC(=O)N1CCC(Nc2c(F)cccc2N/N=C(\C#N)C(=N)N)CC1. The molecule has 1 saturated heterocycles. The van der Waals surface area contributed by atoms with E-state index < -0.39 is 17.3 Å². The molecule has 2 rings (SSSR count). The average Bonchev–Trinajstić information content (AvgIpc) is 2.63. The van der Waals surface area contributed by atoms with Gasteiger partial charge in [0.05, 0.1) is 11.4 Å². The van der Waals surface area contributed by atoms with Crippen molar-refractivity contribution >= 4 is 29.0 Å². The van der Waals surface area contributed by atoms with E-state index in [1.54, 1.807) is 17.0 Å². The van der Waals surface area contributed by atoms with Crippen LogP contribution in [0, 0.1) is 22.6 Å². The molecule has 0 aliphatic carbocycles. The molecule has 1 amide bonds. The molecule has 0 saturated carbocycles. The van der Waals surface area contributed by atoms with Crippen molar-refractivity contribution in [2.24, 2.45) is 10.8 Å². The van der Waals surface area contributed by atoms with Crippen LogP contribution in [0.25, 0.3) is 0 Å². The van der Waals surface area contributed by atoms with Crippen molar-refractivity contribution in [1.82, 2.24) is 4.90 Å². The van der Waals surface area contributed by atoms with Gasteiger partial charge >= 0.3 is 6.09 Å². The number of nitrogens with one attached hydrogen (secondary N) is 3. The van der Waals surface area contributed by atoms with Gasteiger partial charge in [0.15, 0.2) is 5.84 Å². The number of anilines is 2. The summed E-state index contributed by atoms with van der Waals surface area (Å²) in [6.45, 7) is 6.43. The van der Waals surface area contributed by atoms with Crippen LogP contribution >= 0.6 is 0 Å². The second-order valence-electron chi connectivity index (χ2n) is 7.65. The summed E-state index contributed by atoms with van der Waals surface area (Å²) in [5.41, 5.74) is 7.51. The van der Waals surface area contributed by atoms with Crippen LogP contribution in [0.2, 0.25) is 0 Å². The number of nitrogens with zero attached hydrogens (tertiary/aromatic N) is 3. The van der Waals surface area contributed by atoms with Gasteiger partial charge in [-0.05, 0) is 45.7 Å². The molecular weight excluding hydrogens is 377 g/mol. The maximum Gasteiger partial charge on any atom is 0.410 e. The first-order valence-corrected chi connectivity index (χ1v) is 9.22. The Morgan fingerprint density at radius 3 is 2.62 bits per heavy atom. The van der Waals surface area contributed by atoms with Gasteiger partial charge in [-0.3, -0.25) is 10.8 Å². The number of para-hydroxylation sites is 1. The Balaban J connectivity index is 2.04. The number of hydrazone groups is 1. The van der Waals surface area contributed by atoms with E-state index in [-0.39, 0.29) is 23.5 Å². The zero-order valence-corrected chi connectivity index (χ0v) is 16.8. The van der Waals surface area contributed by atoms with Crippen molar-refractivity contribution in [1.29, 1.82) is 10.7 Å². The molecule has 0 bridgehead atoms. The van der Waals surface area contributed by atoms with Crippen LogP contribution in [-0.2, 0) is 4.74 Å². The summed E-state index contributed by atoms with van der Waals surface area (Å²) < 4.78 is 19.8. The van der Waals surface area contributed by atoms with E-state index >= 15 is 0 Å². The minimum atomic E-state index is -0.553. The molecule has 0 aromatic heterocycles. The number of nitrogens with two attached hydrogens (primary N) is 1. The number of amides is 1. The lowest BCUT2D eigenvalue weighted by Crippen LogP contribution is -2.44. The van der Waals surface area contributed by atoms with E-state index in [2.05, 4.69) is 15.8 Å². The molecule has 1 heterocycles. The van der Waals surface area contributed by atoms with Crippen molar-refractivity contribution in [3.63, 3.8) is 0 Å². The maximum atomic E-state index is 14.4. The van der Waals surface area contributed by atoms with Crippen LogP contribution in [0.1, 0.15) is 33.6 Å². The van der Waals surface area contributed by atoms with Crippen molar-refractivity contribution < 1.29 is 13.9 Å². The number of piperidine rings is 1. The Kier molecular flexibility index (Phi) is 6.98. The van der Waals surface area contributed by atoms with Gasteiger partial charge in [-0.1, -0.05) is 6.07 Å². The number of hydrogen-bond acceptors (Lipinski definition) is 7. The van der Waals surface area contributed by atoms with Gasteiger partial charge in [0.2, 0.25) is 5.71 Å². The fourth-order valence-corrected chi connectivity index (χ4v) is 2.76. The highest BCUT2D eigenvalue weighted by atomic mass is 19.1. The molecule has 29 heavy (non-hydrogen) atoms. The molecule has 5 N–H and O–H groups in total. The average molecular weight is 403 g/mol. The van der Waals surface area contributed by atoms with Gasteiger partial charge in [0.25, 0.3) is 0 Å². The minimum absolute atomic E-state index is 0.0571. The molecule has 9 nitrogen and oxygen atoms in total. The number of likely N-dealkylation sites (tertiary alicyclic amines) is 1. The Hall–Kier alpha value is -3.35. The summed E-state index contributed by atoms with van der Waals surface area (Å²) in [6, 6.07) is 6.05. The van der Waals surface area contributed by atoms with Crippen LogP contribution in [0.4, 0.5) is 20.6 Å². The molecular formula is C19H26FN7O2. The predicted octanol–water partition coefficient (Wildman–Crippen LogP) is 2.86. The van der Waals surface area contributed by atoms with E-state index in [0.717, 1.165) is 0 Å². The van der Waals surface area contributed by atoms with Gasteiger partial charge in [-0.2, -0.15) is 10.4 Å². The van der Waals surface area contributed by atoms with Crippen molar-refractivity contribution in [2.45, 2.75) is 45.3 Å². The van der Waals surface area contributed by atoms with Gasteiger partial charge in [-0.15, -0.1) is 0 Å². The number of amidine groups is 1. The van der Waals surface area contributed by atoms with E-state index in [1.807, 2.05) is 20.8 Å². The fraction of sp³-hybridized carbons (Fsp3) is 0.474. The highest BCUT2D eigenvalue weighted by Crippen LogP contribution is 2.28. The second kappa shape index (κ2) is 9.23. The lowest BCUT2D eigenvalue weighted by atomic mass is 10.0. The van der Waals surface area contributed by atoms with E-state index in [9.17, 15) is 9.18 Å². The Morgan fingerprint density at radius 1 is 1.41 bits per heavy atom. The molecule has 1 aliphatic rings. The third-order valence-corrected chi connectivity index (χ3v) is 4.16. The fourth-order valence-electron chi connectivity index (χ4n) is 2.76. The number of ether oxygens (including phenoxy) is 1. The zero-order chi connectivity index (χ0) is 21.6. The summed E-state index contributed by atoms with van der Waals surface area (Å²) in [5, 5.41) is 23.1. The Labute approximate surface area is 169 Å². The normalized spacial score (nSPS) is 15.4. The summed E-state index contributed by atoms with van der Waals surface area (Å²) in [4.78, 5) is 13.8. The minimum Gasteiger partial charge on any atom is -0.444 e. The van der Waals surface area contributed by atoms with Crippen LogP contribution in [-0.4, -0.2) is 47.3 Å². The van der Waals surface area contributed by atoms with Crippen molar-refractivity contribution in [3.8, 4) is 6.07 Å². The highest BCUT2D eigenvalue weighted by molar-refractivity contribution is 6.45.